The highest BCUT2D eigenvalue weighted by Gasteiger charge is 2.09. The lowest BCUT2D eigenvalue weighted by Gasteiger charge is -2.03. The molecule has 2 aromatic heterocycles. The third-order valence-corrected chi connectivity index (χ3v) is 3.12. The third kappa shape index (κ3) is 2.40. The topological polar surface area (TPSA) is 52.8 Å². The number of aromatic nitrogens is 4. The van der Waals surface area contributed by atoms with Crippen LogP contribution in [0.25, 0.3) is 0 Å². The van der Waals surface area contributed by atoms with E-state index in [1.165, 1.54) is 0 Å². The van der Waals surface area contributed by atoms with Gasteiger partial charge in [-0.2, -0.15) is 0 Å². The van der Waals surface area contributed by atoms with Crippen molar-refractivity contribution in [3.63, 3.8) is 0 Å². The molecule has 5 nitrogen and oxygen atoms in total. The molecule has 15 heavy (non-hydrogen) atoms. The monoisotopic (exact) mass is 224 g/mol. The minimum Gasteiger partial charge on any atom is -0.375 e. The first-order valence-corrected chi connectivity index (χ1v) is 5.48. The van der Waals surface area contributed by atoms with E-state index in [1.54, 1.807) is 29.3 Å². The van der Waals surface area contributed by atoms with Gasteiger partial charge in [0.25, 0.3) is 0 Å². The predicted molar refractivity (Wildman–Crippen MR) is 56.7 cm³/mol. The maximum absolute atomic E-state index is 5.20. The molecule has 80 valence electrons. The van der Waals surface area contributed by atoms with E-state index in [0.29, 0.717) is 6.54 Å². The molecule has 1 atom stereocenters. The number of ether oxygens (including phenoxy) is 1. The number of methoxy groups -OCH3 is 1. The van der Waals surface area contributed by atoms with Crippen molar-refractivity contribution in [1.29, 1.82) is 0 Å². The summed E-state index contributed by atoms with van der Waals surface area (Å²) in [6, 6.07) is 0. The first kappa shape index (κ1) is 10.3. The molecule has 0 saturated carbocycles. The maximum atomic E-state index is 5.20. The van der Waals surface area contributed by atoms with Crippen LogP contribution in [0.1, 0.15) is 23.7 Å². The highest BCUT2D eigenvalue weighted by molar-refractivity contribution is 7.09. The Kier molecular flexibility index (Phi) is 3.08. The SMILES string of the molecule is COC(C)c1nc(Cn2ccnn2)cs1. The van der Waals surface area contributed by atoms with E-state index in [9.17, 15) is 0 Å². The zero-order valence-corrected chi connectivity index (χ0v) is 9.44. The van der Waals surface area contributed by atoms with Gasteiger partial charge in [-0.05, 0) is 6.92 Å². The molecule has 6 heteroatoms. The van der Waals surface area contributed by atoms with Gasteiger partial charge >= 0.3 is 0 Å². The summed E-state index contributed by atoms with van der Waals surface area (Å²) < 4.78 is 6.94. The van der Waals surface area contributed by atoms with Crippen LogP contribution < -0.4 is 0 Å². The van der Waals surface area contributed by atoms with Crippen LogP contribution in [-0.4, -0.2) is 27.1 Å². The quantitative estimate of drug-likeness (QED) is 0.789. The van der Waals surface area contributed by atoms with Crippen LogP contribution in [0.3, 0.4) is 0 Å². The van der Waals surface area contributed by atoms with Gasteiger partial charge in [-0.15, -0.1) is 16.4 Å². The lowest BCUT2D eigenvalue weighted by Crippen LogP contribution is -2.02. The molecule has 0 bridgehead atoms. The number of thiazole rings is 1. The number of nitrogens with zero attached hydrogens (tertiary/aromatic N) is 4. The number of hydrogen-bond donors (Lipinski definition) is 0. The molecule has 1 unspecified atom stereocenters. The van der Waals surface area contributed by atoms with E-state index >= 15 is 0 Å². The fourth-order valence-electron chi connectivity index (χ4n) is 1.17. The van der Waals surface area contributed by atoms with Gasteiger partial charge in [0.2, 0.25) is 0 Å². The molecular weight excluding hydrogens is 212 g/mol. The highest BCUT2D eigenvalue weighted by Crippen LogP contribution is 2.20. The molecule has 2 rings (SSSR count). The van der Waals surface area contributed by atoms with Crippen molar-refractivity contribution in [2.24, 2.45) is 0 Å². The largest absolute Gasteiger partial charge is 0.375 e. The molecule has 2 aromatic rings. The van der Waals surface area contributed by atoms with Crippen LogP contribution in [0, 0.1) is 0 Å². The molecule has 0 aliphatic rings. The summed E-state index contributed by atoms with van der Waals surface area (Å²) in [6.07, 6.45) is 3.53. The number of rotatable bonds is 4. The summed E-state index contributed by atoms with van der Waals surface area (Å²) in [6.45, 7) is 2.64. The zero-order chi connectivity index (χ0) is 10.7. The smallest absolute Gasteiger partial charge is 0.122 e. The molecule has 0 fully saturated rings. The standard InChI is InChI=1S/C9H12N4OS/c1-7(14-2)9-11-8(6-15-9)5-13-4-3-10-12-13/h3-4,6-7H,5H2,1-2H3. The molecule has 0 amide bonds. The average molecular weight is 224 g/mol. The van der Waals surface area contributed by atoms with Crippen molar-refractivity contribution in [1.82, 2.24) is 20.0 Å². The molecule has 0 aromatic carbocycles. The molecule has 0 aliphatic heterocycles. The van der Waals surface area contributed by atoms with Gasteiger partial charge in [-0.25, -0.2) is 9.67 Å². The van der Waals surface area contributed by atoms with Crippen LogP contribution in [0.15, 0.2) is 17.8 Å². The fourth-order valence-corrected chi connectivity index (χ4v) is 2.01. The molecule has 0 N–H and O–H groups in total. The van der Waals surface area contributed by atoms with Gasteiger partial charge in [-0.3, -0.25) is 0 Å². The van der Waals surface area contributed by atoms with E-state index in [1.807, 2.05) is 18.5 Å². The first-order valence-electron chi connectivity index (χ1n) is 4.61. The maximum Gasteiger partial charge on any atom is 0.122 e. The van der Waals surface area contributed by atoms with E-state index < -0.39 is 0 Å². The first-order chi connectivity index (χ1) is 7.29. The molecule has 0 aliphatic carbocycles. The molecule has 0 radical (unpaired) electrons. The summed E-state index contributed by atoms with van der Waals surface area (Å²) in [5.74, 6) is 0. The Bertz CT molecular complexity index is 411. The fraction of sp³-hybridized carbons (Fsp3) is 0.444. The molecule has 0 spiro atoms. The van der Waals surface area contributed by atoms with Gasteiger partial charge in [0.05, 0.1) is 18.4 Å². The Hall–Kier alpha value is -1.27. The number of hydrogen-bond acceptors (Lipinski definition) is 5. The minimum absolute atomic E-state index is 0.0551. The second kappa shape index (κ2) is 4.50. The third-order valence-electron chi connectivity index (χ3n) is 2.07. The second-order valence-electron chi connectivity index (χ2n) is 3.16. The van der Waals surface area contributed by atoms with Crippen LogP contribution >= 0.6 is 11.3 Å². The Morgan fingerprint density at radius 1 is 1.60 bits per heavy atom. The van der Waals surface area contributed by atoms with Crippen LogP contribution in [-0.2, 0) is 11.3 Å². The lowest BCUT2D eigenvalue weighted by atomic mass is 10.4. The Balaban J connectivity index is 2.07. The summed E-state index contributed by atoms with van der Waals surface area (Å²) in [5, 5.41) is 10.6. The Morgan fingerprint density at radius 3 is 3.13 bits per heavy atom. The summed E-state index contributed by atoms with van der Waals surface area (Å²) in [7, 11) is 1.68. The van der Waals surface area contributed by atoms with Gasteiger partial charge in [0.15, 0.2) is 0 Å². The molecular formula is C9H12N4OS. The lowest BCUT2D eigenvalue weighted by molar-refractivity contribution is 0.119. The van der Waals surface area contributed by atoms with Crippen LogP contribution in [0.4, 0.5) is 0 Å². The van der Waals surface area contributed by atoms with Crippen LogP contribution in [0.2, 0.25) is 0 Å². The Labute approximate surface area is 91.7 Å². The van der Waals surface area contributed by atoms with Gasteiger partial charge in [0.1, 0.15) is 11.1 Å². The summed E-state index contributed by atoms with van der Waals surface area (Å²) in [5.41, 5.74) is 0.990. The predicted octanol–water partition coefficient (Wildman–Crippen LogP) is 1.49. The van der Waals surface area contributed by atoms with Crippen molar-refractivity contribution in [3.8, 4) is 0 Å². The normalized spacial score (nSPS) is 12.9. The molecule has 0 saturated heterocycles. The van der Waals surface area contributed by atoms with Crippen molar-refractivity contribution in [2.45, 2.75) is 19.6 Å². The second-order valence-corrected chi connectivity index (χ2v) is 4.05. The van der Waals surface area contributed by atoms with Gasteiger partial charge < -0.3 is 4.74 Å². The minimum atomic E-state index is 0.0551. The van der Waals surface area contributed by atoms with E-state index in [2.05, 4.69) is 15.3 Å². The average Bonchev–Trinajstić information content (AvgIpc) is 2.88. The van der Waals surface area contributed by atoms with E-state index in [-0.39, 0.29) is 6.10 Å². The van der Waals surface area contributed by atoms with Crippen molar-refractivity contribution in [2.75, 3.05) is 7.11 Å². The molecule has 2 heterocycles. The summed E-state index contributed by atoms with van der Waals surface area (Å²) >= 11 is 1.61. The zero-order valence-electron chi connectivity index (χ0n) is 8.62. The highest BCUT2D eigenvalue weighted by atomic mass is 32.1. The van der Waals surface area contributed by atoms with Gasteiger partial charge in [0, 0.05) is 18.7 Å². The van der Waals surface area contributed by atoms with E-state index in [4.69, 9.17) is 4.74 Å². The van der Waals surface area contributed by atoms with Gasteiger partial charge in [-0.1, -0.05) is 5.21 Å². The van der Waals surface area contributed by atoms with Crippen molar-refractivity contribution >= 4 is 11.3 Å². The van der Waals surface area contributed by atoms with Crippen LogP contribution in [0.5, 0.6) is 0 Å². The van der Waals surface area contributed by atoms with Crippen molar-refractivity contribution < 1.29 is 4.74 Å². The van der Waals surface area contributed by atoms with Crippen molar-refractivity contribution in [3.05, 3.63) is 28.5 Å². The summed E-state index contributed by atoms with van der Waals surface area (Å²) in [4.78, 5) is 4.46. The van der Waals surface area contributed by atoms with E-state index in [0.717, 1.165) is 10.7 Å². The Morgan fingerprint density at radius 2 is 2.47 bits per heavy atom.